The third kappa shape index (κ3) is 1.56. The van der Waals surface area contributed by atoms with Gasteiger partial charge < -0.3 is 0 Å². The highest BCUT2D eigenvalue weighted by molar-refractivity contribution is 5.37. The first kappa shape index (κ1) is 11.9. The van der Waals surface area contributed by atoms with Gasteiger partial charge >= 0.3 is 0 Å². The Kier molecular flexibility index (Phi) is 2.55. The summed E-state index contributed by atoms with van der Waals surface area (Å²) in [7, 11) is 0. The Morgan fingerprint density at radius 3 is 2.47 bits per heavy atom. The first-order valence-electron chi connectivity index (χ1n) is 7.74. The Bertz CT molecular complexity index is 494. The monoisotopic (exact) mass is 256 g/mol. The van der Waals surface area contributed by atoms with E-state index in [1.807, 2.05) is 0 Å². The molecule has 0 spiro atoms. The quantitative estimate of drug-likeness (QED) is 0.644. The van der Waals surface area contributed by atoms with Gasteiger partial charge in [-0.2, -0.15) is 0 Å². The predicted octanol–water partition coefficient (Wildman–Crippen LogP) is 3.10. The van der Waals surface area contributed by atoms with Crippen LogP contribution in [0.4, 0.5) is 0 Å². The molecule has 0 aliphatic heterocycles. The molecule has 5 atom stereocenters. The lowest BCUT2D eigenvalue weighted by Crippen LogP contribution is -2.32. The molecule has 2 heteroatoms. The zero-order chi connectivity index (χ0) is 13.1. The van der Waals surface area contributed by atoms with Gasteiger partial charge in [-0.25, -0.2) is 0 Å². The van der Waals surface area contributed by atoms with Crippen LogP contribution < -0.4 is 11.3 Å². The third-order valence-electron chi connectivity index (χ3n) is 6.34. The predicted molar refractivity (Wildman–Crippen MR) is 77.3 cm³/mol. The van der Waals surface area contributed by atoms with Crippen molar-refractivity contribution in [1.29, 1.82) is 0 Å². The highest BCUT2D eigenvalue weighted by atomic mass is 15.2. The Morgan fingerprint density at radius 1 is 1.16 bits per heavy atom. The summed E-state index contributed by atoms with van der Waals surface area (Å²) >= 11 is 0. The van der Waals surface area contributed by atoms with E-state index in [0.717, 1.165) is 29.6 Å². The van der Waals surface area contributed by atoms with Gasteiger partial charge in [-0.05, 0) is 79.4 Å². The van der Waals surface area contributed by atoms with Crippen molar-refractivity contribution in [3.8, 4) is 0 Å². The standard InChI is InChI=1S/C17H24N2/c1-9-4-3-5-13(10(9)2)17(19-18)16-14-11-6-7-12(8-11)15(14)16/h3-5,11-12,14-17,19H,6-8,18H2,1-2H3. The maximum atomic E-state index is 5.93. The number of nitrogens with two attached hydrogens (primary N) is 1. The van der Waals surface area contributed by atoms with E-state index in [2.05, 4.69) is 37.5 Å². The number of hydrogen-bond donors (Lipinski definition) is 2. The van der Waals surface area contributed by atoms with Gasteiger partial charge in [0.15, 0.2) is 0 Å². The van der Waals surface area contributed by atoms with Gasteiger partial charge in [-0.1, -0.05) is 18.2 Å². The SMILES string of the molecule is Cc1cccc(C(NN)C2C3C4CCC(C4)C32)c1C. The number of rotatable bonds is 3. The van der Waals surface area contributed by atoms with Crippen LogP contribution in [0, 0.1) is 43.4 Å². The van der Waals surface area contributed by atoms with E-state index in [-0.39, 0.29) is 0 Å². The summed E-state index contributed by atoms with van der Waals surface area (Å²) in [6.07, 6.45) is 4.47. The lowest BCUT2D eigenvalue weighted by Gasteiger charge is -2.22. The molecule has 0 radical (unpaired) electrons. The summed E-state index contributed by atoms with van der Waals surface area (Å²) < 4.78 is 0. The van der Waals surface area contributed by atoms with Gasteiger partial charge in [0, 0.05) is 6.04 Å². The average molecular weight is 256 g/mol. The van der Waals surface area contributed by atoms with Gasteiger partial charge in [-0.3, -0.25) is 11.3 Å². The van der Waals surface area contributed by atoms with E-state index in [0.29, 0.717) is 6.04 Å². The van der Waals surface area contributed by atoms with Gasteiger partial charge in [0.1, 0.15) is 0 Å². The fourth-order valence-corrected chi connectivity index (χ4v) is 5.36. The minimum atomic E-state index is 0.373. The van der Waals surface area contributed by atoms with Gasteiger partial charge in [0.2, 0.25) is 0 Å². The van der Waals surface area contributed by atoms with Crippen molar-refractivity contribution in [3.05, 3.63) is 34.9 Å². The maximum absolute atomic E-state index is 5.93. The number of hydrogen-bond acceptors (Lipinski definition) is 2. The van der Waals surface area contributed by atoms with E-state index >= 15 is 0 Å². The second kappa shape index (κ2) is 4.07. The van der Waals surface area contributed by atoms with Crippen LogP contribution in [0.15, 0.2) is 18.2 Å². The fraction of sp³-hybridized carbons (Fsp3) is 0.647. The molecule has 0 amide bonds. The molecule has 0 aromatic heterocycles. The Balaban J connectivity index is 1.65. The van der Waals surface area contributed by atoms with Crippen LogP contribution in [0.3, 0.4) is 0 Å². The van der Waals surface area contributed by atoms with Gasteiger partial charge in [-0.15, -0.1) is 0 Å². The highest BCUT2D eigenvalue weighted by Gasteiger charge is 2.66. The molecule has 2 bridgehead atoms. The van der Waals surface area contributed by atoms with E-state index in [1.54, 1.807) is 0 Å². The van der Waals surface area contributed by atoms with Crippen molar-refractivity contribution in [3.63, 3.8) is 0 Å². The minimum absolute atomic E-state index is 0.373. The van der Waals surface area contributed by atoms with E-state index in [1.165, 1.54) is 36.0 Å². The lowest BCUT2D eigenvalue weighted by atomic mass is 9.90. The maximum Gasteiger partial charge on any atom is 0.0496 e. The average Bonchev–Trinajstić information content (AvgIpc) is 2.82. The van der Waals surface area contributed by atoms with Gasteiger partial charge in [0.05, 0.1) is 0 Å². The Hall–Kier alpha value is -0.860. The largest absolute Gasteiger partial charge is 0.271 e. The molecule has 0 heterocycles. The molecule has 0 saturated heterocycles. The van der Waals surface area contributed by atoms with Crippen molar-refractivity contribution < 1.29 is 0 Å². The van der Waals surface area contributed by atoms with Crippen LogP contribution in [-0.4, -0.2) is 0 Å². The van der Waals surface area contributed by atoms with Crippen LogP contribution in [-0.2, 0) is 0 Å². The van der Waals surface area contributed by atoms with Crippen molar-refractivity contribution in [2.45, 2.75) is 39.2 Å². The molecule has 2 nitrogen and oxygen atoms in total. The molecule has 4 rings (SSSR count). The topological polar surface area (TPSA) is 38.0 Å². The molecule has 1 aromatic carbocycles. The minimum Gasteiger partial charge on any atom is -0.271 e. The molecule has 3 N–H and O–H groups in total. The summed E-state index contributed by atoms with van der Waals surface area (Å²) in [5.74, 6) is 10.7. The number of aryl methyl sites for hydroxylation is 1. The summed E-state index contributed by atoms with van der Waals surface area (Å²) in [4.78, 5) is 0. The zero-order valence-corrected chi connectivity index (χ0v) is 11.9. The molecule has 3 fully saturated rings. The fourth-order valence-electron chi connectivity index (χ4n) is 5.36. The van der Waals surface area contributed by atoms with Crippen LogP contribution in [0.2, 0.25) is 0 Å². The number of fused-ring (bicyclic) bond motifs is 5. The van der Waals surface area contributed by atoms with Crippen molar-refractivity contribution >= 4 is 0 Å². The van der Waals surface area contributed by atoms with E-state index in [4.69, 9.17) is 5.84 Å². The van der Waals surface area contributed by atoms with Crippen LogP contribution in [0.1, 0.15) is 42.0 Å². The highest BCUT2D eigenvalue weighted by Crippen LogP contribution is 2.72. The van der Waals surface area contributed by atoms with Crippen molar-refractivity contribution in [1.82, 2.24) is 5.43 Å². The first-order valence-corrected chi connectivity index (χ1v) is 7.74. The van der Waals surface area contributed by atoms with Crippen LogP contribution >= 0.6 is 0 Å². The van der Waals surface area contributed by atoms with Crippen LogP contribution in [0.25, 0.3) is 0 Å². The second-order valence-corrected chi connectivity index (χ2v) is 7.00. The molecule has 3 saturated carbocycles. The lowest BCUT2D eigenvalue weighted by molar-refractivity contribution is 0.373. The number of nitrogens with one attached hydrogen (secondary N) is 1. The first-order chi connectivity index (χ1) is 9.22. The molecule has 19 heavy (non-hydrogen) atoms. The summed E-state index contributed by atoms with van der Waals surface area (Å²) in [6.45, 7) is 4.44. The molecule has 102 valence electrons. The summed E-state index contributed by atoms with van der Waals surface area (Å²) in [5.41, 5.74) is 7.38. The zero-order valence-electron chi connectivity index (χ0n) is 11.9. The summed E-state index contributed by atoms with van der Waals surface area (Å²) in [5, 5.41) is 0. The normalized spacial score (nSPS) is 40.3. The van der Waals surface area contributed by atoms with E-state index in [9.17, 15) is 0 Å². The molecule has 1 aromatic rings. The number of benzene rings is 1. The molecular formula is C17H24N2. The second-order valence-electron chi connectivity index (χ2n) is 7.00. The summed E-state index contributed by atoms with van der Waals surface area (Å²) in [6, 6.07) is 7.01. The third-order valence-corrected chi connectivity index (χ3v) is 6.34. The number of hydrazine groups is 1. The van der Waals surface area contributed by atoms with Crippen LogP contribution in [0.5, 0.6) is 0 Å². The smallest absolute Gasteiger partial charge is 0.0496 e. The molecule has 3 aliphatic carbocycles. The Morgan fingerprint density at radius 2 is 1.84 bits per heavy atom. The van der Waals surface area contributed by atoms with E-state index < -0.39 is 0 Å². The van der Waals surface area contributed by atoms with Crippen molar-refractivity contribution in [2.24, 2.45) is 35.4 Å². The Labute approximate surface area is 115 Å². The van der Waals surface area contributed by atoms with Crippen molar-refractivity contribution in [2.75, 3.05) is 0 Å². The molecule has 5 unspecified atom stereocenters. The molecule has 3 aliphatic rings. The van der Waals surface area contributed by atoms with Gasteiger partial charge in [0.25, 0.3) is 0 Å². The molecular weight excluding hydrogens is 232 g/mol.